The zero-order valence-electron chi connectivity index (χ0n) is 26.2. The number of allylic oxidation sites excluding steroid dienone is 4. The topological polar surface area (TPSA) is 0 Å². The van der Waals surface area contributed by atoms with Crippen LogP contribution in [-0.2, 0) is 41.5 Å². The zero-order valence-corrected chi connectivity index (χ0v) is 30.2. The van der Waals surface area contributed by atoms with E-state index >= 15 is 0 Å². The van der Waals surface area contributed by atoms with Gasteiger partial charge in [-0.15, -0.1) is 51.7 Å². The van der Waals surface area contributed by atoms with Crippen LogP contribution in [0.3, 0.4) is 0 Å². The van der Waals surface area contributed by atoms with Gasteiger partial charge in [0.15, 0.2) is 0 Å². The van der Waals surface area contributed by atoms with E-state index in [9.17, 15) is 0 Å². The van der Waals surface area contributed by atoms with Crippen LogP contribution in [0.15, 0.2) is 115 Å². The third kappa shape index (κ3) is 10.3. The molecule has 1 aliphatic rings. The summed E-state index contributed by atoms with van der Waals surface area (Å²) in [5.41, 5.74) is 7.20. The molecular weight excluding hydrogens is 643 g/mol. The molecule has 0 aromatic heterocycles. The summed E-state index contributed by atoms with van der Waals surface area (Å²) >= 11 is 1.51. The minimum atomic E-state index is 0. The molecule has 5 aromatic rings. The molecule has 0 spiro atoms. The SMILES string of the molecule is CC(C)(C)c1ccc2[cH-]c3ccc(C(C)(C)C)cc3c2c1.[C-]1=CC(c2ccccc2)=CC1.[Cl-].[Cl-].[Zr+2]=[CH]Cc1ccccc1. The second-order valence-electron chi connectivity index (χ2n) is 12.7. The monoisotopic (exact) mass is 682 g/mol. The zero-order chi connectivity index (χ0) is 29.5. The number of benzene rings is 4. The molecule has 0 amide bonds. The Balaban J connectivity index is 0.000000247. The van der Waals surface area contributed by atoms with Crippen molar-refractivity contribution in [1.29, 1.82) is 0 Å². The summed E-state index contributed by atoms with van der Waals surface area (Å²) in [5.74, 6) is 0. The Morgan fingerprint density at radius 3 is 1.60 bits per heavy atom. The van der Waals surface area contributed by atoms with Crippen LogP contribution >= 0.6 is 0 Å². The summed E-state index contributed by atoms with van der Waals surface area (Å²) in [6.07, 6.45) is 9.48. The Morgan fingerprint density at radius 1 is 0.698 bits per heavy atom. The average molecular weight is 685 g/mol. The molecule has 1 aliphatic carbocycles. The average Bonchev–Trinajstić information content (AvgIpc) is 3.62. The molecule has 222 valence electrons. The molecule has 0 fully saturated rings. The van der Waals surface area contributed by atoms with Crippen LogP contribution in [0.1, 0.15) is 70.2 Å². The third-order valence-corrected chi connectivity index (χ3v) is 7.93. The Bertz CT molecular complexity index is 1580. The first kappa shape index (κ1) is 36.8. The van der Waals surface area contributed by atoms with Crippen molar-refractivity contribution in [2.75, 3.05) is 0 Å². The van der Waals surface area contributed by atoms with E-state index in [2.05, 4.69) is 154 Å². The van der Waals surface area contributed by atoms with Gasteiger partial charge in [0.25, 0.3) is 0 Å². The predicted octanol–water partition coefficient (Wildman–Crippen LogP) is 4.73. The summed E-state index contributed by atoms with van der Waals surface area (Å²) in [6, 6.07) is 37.0. The molecule has 6 rings (SSSR count). The van der Waals surface area contributed by atoms with Gasteiger partial charge in [-0.1, -0.05) is 107 Å². The van der Waals surface area contributed by atoms with Crippen LogP contribution in [0, 0.1) is 6.08 Å². The van der Waals surface area contributed by atoms with Crippen molar-refractivity contribution in [2.45, 2.75) is 65.2 Å². The van der Waals surface area contributed by atoms with E-state index in [-0.39, 0.29) is 35.6 Å². The van der Waals surface area contributed by atoms with E-state index in [1.807, 2.05) is 12.1 Å². The third-order valence-electron chi connectivity index (χ3n) is 7.42. The number of hydrogen-bond donors (Lipinski definition) is 0. The van der Waals surface area contributed by atoms with Crippen LogP contribution in [-0.4, -0.2) is 3.71 Å². The number of hydrogen-bond acceptors (Lipinski definition) is 0. The quantitative estimate of drug-likeness (QED) is 0.242. The first-order valence-corrected chi connectivity index (χ1v) is 16.0. The molecule has 43 heavy (non-hydrogen) atoms. The van der Waals surface area contributed by atoms with E-state index in [1.54, 1.807) is 0 Å². The molecule has 5 aromatic carbocycles. The predicted molar refractivity (Wildman–Crippen MR) is 178 cm³/mol. The van der Waals surface area contributed by atoms with Crippen LogP contribution in [0.2, 0.25) is 0 Å². The van der Waals surface area contributed by atoms with Crippen molar-refractivity contribution in [2.24, 2.45) is 0 Å². The Hall–Kier alpha value is -2.44. The van der Waals surface area contributed by atoms with E-state index in [1.165, 1.54) is 73.6 Å². The van der Waals surface area contributed by atoms with Crippen molar-refractivity contribution < 1.29 is 49.0 Å². The number of rotatable bonds is 3. The maximum atomic E-state index is 3.15. The van der Waals surface area contributed by atoms with Crippen molar-refractivity contribution in [1.82, 2.24) is 0 Å². The van der Waals surface area contributed by atoms with Crippen LogP contribution in [0.4, 0.5) is 0 Å². The first-order chi connectivity index (χ1) is 19.6. The van der Waals surface area contributed by atoms with Gasteiger partial charge in [0, 0.05) is 0 Å². The van der Waals surface area contributed by atoms with Crippen LogP contribution < -0.4 is 24.8 Å². The molecule has 0 heterocycles. The first-order valence-electron chi connectivity index (χ1n) is 14.6. The number of fused-ring (bicyclic) bond motifs is 3. The van der Waals surface area contributed by atoms with E-state index in [0.717, 1.165) is 12.8 Å². The van der Waals surface area contributed by atoms with E-state index in [4.69, 9.17) is 0 Å². The second kappa shape index (κ2) is 16.6. The molecule has 0 unspecified atom stereocenters. The molecule has 0 nitrogen and oxygen atoms in total. The van der Waals surface area contributed by atoms with E-state index < -0.39 is 0 Å². The van der Waals surface area contributed by atoms with Gasteiger partial charge < -0.3 is 24.8 Å². The van der Waals surface area contributed by atoms with Gasteiger partial charge in [0.2, 0.25) is 0 Å². The van der Waals surface area contributed by atoms with Crippen molar-refractivity contribution in [3.8, 4) is 0 Å². The van der Waals surface area contributed by atoms with Gasteiger partial charge in [0.1, 0.15) is 0 Å². The van der Waals surface area contributed by atoms with Crippen molar-refractivity contribution >= 4 is 30.8 Å². The normalized spacial score (nSPS) is 12.2. The van der Waals surface area contributed by atoms with Gasteiger partial charge in [-0.3, -0.25) is 6.08 Å². The Kier molecular flexibility index (Phi) is 14.2. The maximum absolute atomic E-state index is 3.15. The molecule has 0 N–H and O–H groups in total. The molecule has 0 saturated heterocycles. The van der Waals surface area contributed by atoms with E-state index in [0.29, 0.717) is 0 Å². The molecule has 3 heteroatoms. The molecule has 0 bridgehead atoms. The summed E-state index contributed by atoms with van der Waals surface area (Å²) in [6.45, 7) is 13.7. The molecular formula is C40H42Cl2Zr-2. The van der Waals surface area contributed by atoms with Gasteiger partial charge in [0.05, 0.1) is 0 Å². The van der Waals surface area contributed by atoms with Crippen LogP contribution in [0.5, 0.6) is 0 Å². The Labute approximate surface area is 286 Å². The second-order valence-corrected chi connectivity index (χ2v) is 13.7. The summed E-state index contributed by atoms with van der Waals surface area (Å²) in [4.78, 5) is 0. The fourth-order valence-electron chi connectivity index (χ4n) is 4.89. The summed E-state index contributed by atoms with van der Waals surface area (Å²) < 4.78 is 2.25. The molecule has 0 atom stereocenters. The van der Waals surface area contributed by atoms with Crippen molar-refractivity contribution in [3.63, 3.8) is 0 Å². The number of halogens is 2. The molecule has 0 saturated carbocycles. The van der Waals surface area contributed by atoms with Gasteiger partial charge in [-0.2, -0.15) is 11.6 Å². The summed E-state index contributed by atoms with van der Waals surface area (Å²) in [5, 5.41) is 5.49. The van der Waals surface area contributed by atoms with Gasteiger partial charge in [-0.25, -0.2) is 6.08 Å². The van der Waals surface area contributed by atoms with Gasteiger partial charge >= 0.3 is 70.3 Å². The molecule has 0 radical (unpaired) electrons. The fourth-order valence-corrected chi connectivity index (χ4v) is 5.47. The minimum absolute atomic E-state index is 0. The Morgan fingerprint density at radius 2 is 1.19 bits per heavy atom. The fraction of sp³-hybridized carbons (Fsp3) is 0.250. The standard InChI is InChI=1S/C21H25.C11H9.C8H8.2ClH.Zr/c1-20(2,3)16-9-7-14-11-15-8-10-17(21(4,5)6)13-19(15)18(14)12-16;1-2-6-10(7-3-1)11-8-4-5-9-11;1-2-8-6-4-3-5-7-8;;;/h7-13H,1-6H3;1-3,6-9H,4H2;1,3-7H,2H2;2*1H;/q2*-1;;;;+2/p-2. The molecule has 0 aliphatic heterocycles. The van der Waals surface area contributed by atoms with Crippen LogP contribution in [0.25, 0.3) is 27.1 Å². The van der Waals surface area contributed by atoms with Gasteiger partial charge in [-0.05, 0) is 10.8 Å². The van der Waals surface area contributed by atoms with Crippen molar-refractivity contribution in [3.05, 3.63) is 144 Å². The summed E-state index contributed by atoms with van der Waals surface area (Å²) in [7, 11) is 0.